The number of H-pyrrole nitrogens is 1. The third-order valence-corrected chi connectivity index (χ3v) is 4.14. The molecule has 2 rings (SSSR count). The maximum Gasteiger partial charge on any atom is 0.107 e. The monoisotopic (exact) mass is 249 g/mol. The predicted molar refractivity (Wildman–Crippen MR) is 75.6 cm³/mol. The lowest BCUT2D eigenvalue weighted by Gasteiger charge is -2.24. The summed E-state index contributed by atoms with van der Waals surface area (Å²) in [5.41, 5.74) is 0. The molecule has 102 valence electrons. The number of aromatic nitrogens is 2. The van der Waals surface area contributed by atoms with Gasteiger partial charge in [0.15, 0.2) is 0 Å². The molecule has 1 unspecified atom stereocenters. The summed E-state index contributed by atoms with van der Waals surface area (Å²) < 4.78 is 0. The van der Waals surface area contributed by atoms with Crippen molar-refractivity contribution < 1.29 is 0 Å². The molecule has 0 saturated heterocycles. The van der Waals surface area contributed by atoms with Gasteiger partial charge in [-0.15, -0.1) is 0 Å². The van der Waals surface area contributed by atoms with Gasteiger partial charge in [0.2, 0.25) is 0 Å². The van der Waals surface area contributed by atoms with E-state index in [1.165, 1.54) is 44.9 Å². The van der Waals surface area contributed by atoms with Crippen LogP contribution in [0, 0.1) is 5.92 Å². The number of rotatable bonds is 7. The van der Waals surface area contributed by atoms with Crippen LogP contribution in [-0.4, -0.2) is 22.6 Å². The standard InChI is InChI=1S/C15H27N3/c1-2-16-14(12-15-17-10-11-18-15)9-8-13-6-4-3-5-7-13/h10-11,13-14,16H,2-9,12H2,1H3,(H,17,18). The van der Waals surface area contributed by atoms with Crippen LogP contribution < -0.4 is 5.32 Å². The van der Waals surface area contributed by atoms with Crippen LogP contribution in [0.15, 0.2) is 12.4 Å². The average molecular weight is 249 g/mol. The zero-order valence-electron chi connectivity index (χ0n) is 11.6. The van der Waals surface area contributed by atoms with E-state index >= 15 is 0 Å². The molecule has 1 fully saturated rings. The average Bonchev–Trinajstić information content (AvgIpc) is 2.90. The molecule has 1 saturated carbocycles. The lowest BCUT2D eigenvalue weighted by Crippen LogP contribution is -2.32. The number of nitrogens with one attached hydrogen (secondary N) is 2. The largest absolute Gasteiger partial charge is 0.349 e. The lowest BCUT2D eigenvalue weighted by atomic mass is 9.85. The minimum Gasteiger partial charge on any atom is -0.349 e. The number of hydrogen-bond donors (Lipinski definition) is 2. The van der Waals surface area contributed by atoms with E-state index in [1.54, 1.807) is 0 Å². The van der Waals surface area contributed by atoms with Crippen LogP contribution in [0.5, 0.6) is 0 Å². The number of hydrogen-bond acceptors (Lipinski definition) is 2. The van der Waals surface area contributed by atoms with Gasteiger partial charge in [-0.3, -0.25) is 0 Å². The van der Waals surface area contributed by atoms with E-state index < -0.39 is 0 Å². The Kier molecular flexibility index (Phi) is 5.72. The van der Waals surface area contributed by atoms with Gasteiger partial charge in [0, 0.05) is 24.9 Å². The summed E-state index contributed by atoms with van der Waals surface area (Å²) >= 11 is 0. The third-order valence-electron chi connectivity index (χ3n) is 4.14. The van der Waals surface area contributed by atoms with Crippen LogP contribution in [0.2, 0.25) is 0 Å². The van der Waals surface area contributed by atoms with Crippen molar-refractivity contribution in [3.8, 4) is 0 Å². The first kappa shape index (κ1) is 13.6. The Bertz CT molecular complexity index is 302. The molecule has 0 aromatic carbocycles. The van der Waals surface area contributed by atoms with Crippen molar-refractivity contribution in [2.45, 2.75) is 64.3 Å². The highest BCUT2D eigenvalue weighted by molar-refractivity contribution is 4.91. The summed E-state index contributed by atoms with van der Waals surface area (Å²) in [7, 11) is 0. The van der Waals surface area contributed by atoms with E-state index in [1.807, 2.05) is 12.4 Å². The fraction of sp³-hybridized carbons (Fsp3) is 0.800. The maximum atomic E-state index is 4.34. The number of likely N-dealkylation sites (N-methyl/N-ethyl adjacent to an activating group) is 1. The smallest absolute Gasteiger partial charge is 0.107 e. The topological polar surface area (TPSA) is 40.7 Å². The Labute approximate surface area is 111 Å². The van der Waals surface area contributed by atoms with Crippen LogP contribution in [0.25, 0.3) is 0 Å². The molecular weight excluding hydrogens is 222 g/mol. The SMILES string of the molecule is CCNC(CCC1CCCCC1)Cc1ncc[nH]1. The summed E-state index contributed by atoms with van der Waals surface area (Å²) in [5, 5.41) is 3.60. The molecule has 3 heteroatoms. The van der Waals surface area contributed by atoms with Gasteiger partial charge in [-0.25, -0.2) is 4.98 Å². The van der Waals surface area contributed by atoms with Crippen molar-refractivity contribution in [2.24, 2.45) is 5.92 Å². The molecule has 1 aliphatic carbocycles. The van der Waals surface area contributed by atoms with Crippen LogP contribution in [-0.2, 0) is 6.42 Å². The van der Waals surface area contributed by atoms with Crippen LogP contribution in [0.4, 0.5) is 0 Å². The van der Waals surface area contributed by atoms with Crippen molar-refractivity contribution in [2.75, 3.05) is 6.54 Å². The number of imidazole rings is 1. The molecule has 1 aromatic rings. The lowest BCUT2D eigenvalue weighted by molar-refractivity contribution is 0.312. The van der Waals surface area contributed by atoms with Gasteiger partial charge >= 0.3 is 0 Å². The van der Waals surface area contributed by atoms with Crippen LogP contribution in [0.1, 0.15) is 57.7 Å². The Morgan fingerprint density at radius 2 is 2.22 bits per heavy atom. The number of nitrogens with zero attached hydrogens (tertiary/aromatic N) is 1. The molecule has 1 heterocycles. The minimum atomic E-state index is 0.586. The Morgan fingerprint density at radius 3 is 2.89 bits per heavy atom. The molecule has 0 amide bonds. The van der Waals surface area contributed by atoms with Gasteiger partial charge in [0.1, 0.15) is 5.82 Å². The van der Waals surface area contributed by atoms with Gasteiger partial charge < -0.3 is 10.3 Å². The highest BCUT2D eigenvalue weighted by atomic mass is 14.9. The normalized spacial score (nSPS) is 18.9. The second kappa shape index (κ2) is 7.57. The molecule has 1 aromatic heterocycles. The fourth-order valence-electron chi connectivity index (χ4n) is 3.12. The van der Waals surface area contributed by atoms with Crippen LogP contribution in [0.3, 0.4) is 0 Å². The summed E-state index contributed by atoms with van der Waals surface area (Å²) in [4.78, 5) is 7.55. The number of aromatic amines is 1. The summed E-state index contributed by atoms with van der Waals surface area (Å²) in [6.07, 6.45) is 14.8. The zero-order valence-corrected chi connectivity index (χ0v) is 11.6. The van der Waals surface area contributed by atoms with E-state index in [9.17, 15) is 0 Å². The summed E-state index contributed by atoms with van der Waals surface area (Å²) in [6, 6.07) is 0.586. The second-order valence-electron chi connectivity index (χ2n) is 5.58. The molecule has 1 atom stereocenters. The molecular formula is C15H27N3. The first-order chi connectivity index (χ1) is 8.88. The summed E-state index contributed by atoms with van der Waals surface area (Å²) in [6.45, 7) is 3.24. The van der Waals surface area contributed by atoms with E-state index in [0.717, 1.165) is 24.7 Å². The highest BCUT2D eigenvalue weighted by Crippen LogP contribution is 2.27. The third kappa shape index (κ3) is 4.45. The quantitative estimate of drug-likeness (QED) is 0.778. The molecule has 0 radical (unpaired) electrons. The first-order valence-corrected chi connectivity index (χ1v) is 7.60. The maximum absolute atomic E-state index is 4.34. The molecule has 0 bridgehead atoms. The Balaban J connectivity index is 1.74. The zero-order chi connectivity index (χ0) is 12.6. The Hall–Kier alpha value is -0.830. The van der Waals surface area contributed by atoms with E-state index in [0.29, 0.717) is 6.04 Å². The molecule has 0 spiro atoms. The van der Waals surface area contributed by atoms with Gasteiger partial charge in [-0.2, -0.15) is 0 Å². The van der Waals surface area contributed by atoms with Gasteiger partial charge in [0.05, 0.1) is 0 Å². The molecule has 2 N–H and O–H groups in total. The summed E-state index contributed by atoms with van der Waals surface area (Å²) in [5.74, 6) is 2.10. The van der Waals surface area contributed by atoms with Crippen LogP contribution >= 0.6 is 0 Å². The van der Waals surface area contributed by atoms with E-state index in [4.69, 9.17) is 0 Å². The van der Waals surface area contributed by atoms with Gasteiger partial charge in [0.25, 0.3) is 0 Å². The minimum absolute atomic E-state index is 0.586. The highest BCUT2D eigenvalue weighted by Gasteiger charge is 2.16. The molecule has 18 heavy (non-hydrogen) atoms. The van der Waals surface area contributed by atoms with Gasteiger partial charge in [-0.05, 0) is 25.3 Å². The Morgan fingerprint density at radius 1 is 1.39 bits per heavy atom. The van der Waals surface area contributed by atoms with Crippen molar-refractivity contribution in [3.05, 3.63) is 18.2 Å². The van der Waals surface area contributed by atoms with E-state index in [2.05, 4.69) is 22.2 Å². The predicted octanol–water partition coefficient (Wildman–Crippen LogP) is 3.29. The molecule has 3 nitrogen and oxygen atoms in total. The van der Waals surface area contributed by atoms with Crippen molar-refractivity contribution in [1.82, 2.24) is 15.3 Å². The van der Waals surface area contributed by atoms with E-state index in [-0.39, 0.29) is 0 Å². The molecule has 1 aliphatic rings. The van der Waals surface area contributed by atoms with Crippen molar-refractivity contribution in [1.29, 1.82) is 0 Å². The van der Waals surface area contributed by atoms with Crippen molar-refractivity contribution in [3.63, 3.8) is 0 Å². The first-order valence-electron chi connectivity index (χ1n) is 7.60. The van der Waals surface area contributed by atoms with Crippen molar-refractivity contribution >= 4 is 0 Å². The fourth-order valence-corrected chi connectivity index (χ4v) is 3.12. The second-order valence-corrected chi connectivity index (χ2v) is 5.58. The van der Waals surface area contributed by atoms with Gasteiger partial charge in [-0.1, -0.05) is 39.0 Å². The molecule has 0 aliphatic heterocycles.